The summed E-state index contributed by atoms with van der Waals surface area (Å²) in [6.45, 7) is 13.2. The largest absolute Gasteiger partial charge is 0.257 e. The molecule has 0 saturated carbocycles. The van der Waals surface area contributed by atoms with Gasteiger partial charge >= 0.3 is 0 Å². The van der Waals surface area contributed by atoms with E-state index in [-0.39, 0.29) is 5.41 Å². The van der Waals surface area contributed by atoms with Gasteiger partial charge in [0.15, 0.2) is 0 Å². The molecule has 0 atom stereocenters. The third kappa shape index (κ3) is 4.23. The zero-order valence-electron chi connectivity index (χ0n) is 19.7. The molecule has 0 saturated heterocycles. The highest BCUT2D eigenvalue weighted by Gasteiger charge is 2.24. The molecular formula is C28H32N3+. The molecule has 0 amide bonds. The van der Waals surface area contributed by atoms with E-state index >= 15 is 0 Å². The molecule has 0 aliphatic heterocycles. The Labute approximate surface area is 185 Å². The predicted molar refractivity (Wildman–Crippen MR) is 129 cm³/mol. The van der Waals surface area contributed by atoms with Crippen molar-refractivity contribution >= 4 is 10.9 Å². The molecule has 0 aliphatic rings. The molecule has 4 rings (SSSR count). The van der Waals surface area contributed by atoms with Gasteiger partial charge in [-0.1, -0.05) is 44.5 Å². The fourth-order valence-electron chi connectivity index (χ4n) is 4.38. The number of para-hydroxylation sites is 1. The van der Waals surface area contributed by atoms with Crippen molar-refractivity contribution in [2.45, 2.75) is 48.0 Å². The van der Waals surface area contributed by atoms with Crippen molar-refractivity contribution in [2.24, 2.45) is 12.5 Å². The van der Waals surface area contributed by atoms with Crippen LogP contribution < -0.4 is 4.57 Å². The number of aryl methyl sites for hydroxylation is 3. The number of hydrogen-bond donors (Lipinski definition) is 0. The standard InChI is InChI=1S/C28H32N3/c1-18-12-19(2)20(3)23(13-18)27-24(14-21-10-8-9-11-26(21)31(27)7)25-17-29-22(16-30-25)15-28(4,5)6/h8-14,16-17H,15H2,1-7H3/q+1. The SMILES string of the molecule is Cc1cc(C)c(C)c(-c2c(-c3cnc(CC(C)(C)C)cn3)cc3ccccc3[n+]2C)c1. The van der Waals surface area contributed by atoms with E-state index in [9.17, 15) is 0 Å². The molecule has 3 nitrogen and oxygen atoms in total. The quantitative estimate of drug-likeness (QED) is 0.371. The van der Waals surface area contributed by atoms with Crippen molar-refractivity contribution in [1.29, 1.82) is 0 Å². The number of hydrogen-bond acceptors (Lipinski definition) is 2. The van der Waals surface area contributed by atoms with Gasteiger partial charge in [0, 0.05) is 17.6 Å². The molecule has 0 aliphatic carbocycles. The molecule has 0 fully saturated rings. The van der Waals surface area contributed by atoms with Gasteiger partial charge in [-0.15, -0.1) is 0 Å². The van der Waals surface area contributed by atoms with E-state index in [2.05, 4.69) is 95.6 Å². The van der Waals surface area contributed by atoms with E-state index in [0.29, 0.717) is 0 Å². The molecule has 158 valence electrons. The number of rotatable bonds is 3. The van der Waals surface area contributed by atoms with E-state index in [0.717, 1.165) is 23.4 Å². The van der Waals surface area contributed by atoms with Crippen LogP contribution in [0, 0.1) is 26.2 Å². The summed E-state index contributed by atoms with van der Waals surface area (Å²) < 4.78 is 2.30. The molecule has 3 heteroatoms. The summed E-state index contributed by atoms with van der Waals surface area (Å²) in [6, 6.07) is 15.3. The van der Waals surface area contributed by atoms with Crippen LogP contribution in [-0.4, -0.2) is 9.97 Å². The Bertz CT molecular complexity index is 1260. The van der Waals surface area contributed by atoms with Crippen LogP contribution in [0.1, 0.15) is 43.2 Å². The number of pyridine rings is 1. The lowest BCUT2D eigenvalue weighted by Gasteiger charge is -2.17. The molecule has 4 aromatic rings. The van der Waals surface area contributed by atoms with Gasteiger partial charge in [0.1, 0.15) is 7.05 Å². The van der Waals surface area contributed by atoms with Gasteiger partial charge in [-0.05, 0) is 61.9 Å². The van der Waals surface area contributed by atoms with Crippen LogP contribution in [-0.2, 0) is 13.5 Å². The first-order valence-corrected chi connectivity index (χ1v) is 11.0. The molecule has 2 aromatic carbocycles. The molecule has 0 N–H and O–H groups in total. The molecule has 31 heavy (non-hydrogen) atoms. The first-order chi connectivity index (χ1) is 14.6. The minimum absolute atomic E-state index is 0.187. The second kappa shape index (κ2) is 7.88. The van der Waals surface area contributed by atoms with Crippen molar-refractivity contribution in [3.8, 4) is 22.5 Å². The monoisotopic (exact) mass is 410 g/mol. The Balaban J connectivity index is 1.98. The number of aromatic nitrogens is 3. The minimum Gasteiger partial charge on any atom is -0.257 e. The van der Waals surface area contributed by atoms with Crippen LogP contribution in [0.4, 0.5) is 0 Å². The van der Waals surface area contributed by atoms with E-state index < -0.39 is 0 Å². The molecule has 0 unspecified atom stereocenters. The molecule has 0 spiro atoms. The molecular weight excluding hydrogens is 378 g/mol. The van der Waals surface area contributed by atoms with Crippen molar-refractivity contribution in [3.63, 3.8) is 0 Å². The first kappa shape index (κ1) is 21.2. The van der Waals surface area contributed by atoms with Crippen molar-refractivity contribution < 1.29 is 4.57 Å². The van der Waals surface area contributed by atoms with Crippen LogP contribution in [0.15, 0.2) is 54.9 Å². The van der Waals surface area contributed by atoms with E-state index in [1.54, 1.807) is 0 Å². The second-order valence-corrected chi connectivity index (χ2v) is 9.91. The molecule has 2 heterocycles. The summed E-state index contributed by atoms with van der Waals surface area (Å²) in [4.78, 5) is 9.64. The number of benzene rings is 2. The highest BCUT2D eigenvalue weighted by Crippen LogP contribution is 2.34. The maximum absolute atomic E-state index is 4.87. The maximum atomic E-state index is 4.87. The zero-order chi connectivity index (χ0) is 22.3. The van der Waals surface area contributed by atoms with Gasteiger partial charge in [0.25, 0.3) is 0 Å². The van der Waals surface area contributed by atoms with Gasteiger partial charge in [-0.3, -0.25) is 9.97 Å². The highest BCUT2D eigenvalue weighted by molar-refractivity contribution is 5.88. The summed E-state index contributed by atoms with van der Waals surface area (Å²) in [7, 11) is 2.15. The fourth-order valence-corrected chi connectivity index (χ4v) is 4.38. The van der Waals surface area contributed by atoms with Crippen LogP contribution in [0.2, 0.25) is 0 Å². The number of nitrogens with zero attached hydrogens (tertiary/aromatic N) is 3. The topological polar surface area (TPSA) is 29.7 Å². The van der Waals surface area contributed by atoms with Crippen molar-refractivity contribution in [3.05, 3.63) is 77.2 Å². The summed E-state index contributed by atoms with van der Waals surface area (Å²) >= 11 is 0. The number of fused-ring (bicyclic) bond motifs is 1. The van der Waals surface area contributed by atoms with Crippen molar-refractivity contribution in [1.82, 2.24) is 9.97 Å². The Morgan fingerprint density at radius 3 is 2.29 bits per heavy atom. The lowest BCUT2D eigenvalue weighted by molar-refractivity contribution is -0.633. The lowest BCUT2D eigenvalue weighted by atomic mass is 9.90. The van der Waals surface area contributed by atoms with E-state index in [4.69, 9.17) is 9.97 Å². The zero-order valence-corrected chi connectivity index (χ0v) is 19.7. The average molecular weight is 411 g/mol. The van der Waals surface area contributed by atoms with Crippen LogP contribution in [0.25, 0.3) is 33.4 Å². The second-order valence-electron chi connectivity index (χ2n) is 9.91. The lowest BCUT2D eigenvalue weighted by Crippen LogP contribution is -2.33. The summed E-state index contributed by atoms with van der Waals surface area (Å²) in [5, 5.41) is 1.20. The van der Waals surface area contributed by atoms with Gasteiger partial charge in [-0.2, -0.15) is 4.57 Å². The highest BCUT2D eigenvalue weighted by atomic mass is 14.9. The Morgan fingerprint density at radius 1 is 0.871 bits per heavy atom. The Morgan fingerprint density at radius 2 is 1.61 bits per heavy atom. The predicted octanol–water partition coefficient (Wildman–Crippen LogP) is 6.30. The fraction of sp³-hybridized carbons (Fsp3) is 0.321. The minimum atomic E-state index is 0.187. The van der Waals surface area contributed by atoms with Gasteiger partial charge in [0.05, 0.1) is 28.7 Å². The third-order valence-electron chi connectivity index (χ3n) is 5.95. The van der Waals surface area contributed by atoms with Crippen molar-refractivity contribution in [2.75, 3.05) is 0 Å². The van der Waals surface area contributed by atoms with E-state index in [1.165, 1.54) is 38.9 Å². The van der Waals surface area contributed by atoms with Crippen LogP contribution >= 0.6 is 0 Å². The van der Waals surface area contributed by atoms with Crippen LogP contribution in [0.5, 0.6) is 0 Å². The van der Waals surface area contributed by atoms with Crippen LogP contribution in [0.3, 0.4) is 0 Å². The third-order valence-corrected chi connectivity index (χ3v) is 5.95. The summed E-state index contributed by atoms with van der Waals surface area (Å²) in [5.74, 6) is 0. The molecule has 0 radical (unpaired) electrons. The summed E-state index contributed by atoms with van der Waals surface area (Å²) in [6.07, 6.45) is 4.79. The Kier molecular flexibility index (Phi) is 5.38. The Hall–Kier alpha value is -3.07. The van der Waals surface area contributed by atoms with Gasteiger partial charge in [0.2, 0.25) is 11.2 Å². The summed E-state index contributed by atoms with van der Waals surface area (Å²) in [5.41, 5.74) is 10.8. The molecule has 2 aromatic heterocycles. The normalized spacial score (nSPS) is 11.8. The molecule has 0 bridgehead atoms. The first-order valence-electron chi connectivity index (χ1n) is 11.0. The average Bonchev–Trinajstić information content (AvgIpc) is 2.70. The van der Waals surface area contributed by atoms with E-state index in [1.807, 2.05) is 12.4 Å². The smallest absolute Gasteiger partial charge is 0.222 e. The van der Waals surface area contributed by atoms with Gasteiger partial charge in [-0.25, -0.2) is 0 Å². The maximum Gasteiger partial charge on any atom is 0.222 e. The van der Waals surface area contributed by atoms with Gasteiger partial charge < -0.3 is 0 Å².